The summed E-state index contributed by atoms with van der Waals surface area (Å²) in [6, 6.07) is 5.70. The van der Waals surface area contributed by atoms with Crippen LogP contribution >= 0.6 is 11.3 Å². The number of carbonyl (C=O) groups is 6. The monoisotopic (exact) mass is 582 g/mol. The van der Waals surface area contributed by atoms with Crippen LogP contribution < -0.4 is 16.4 Å². The molecule has 1 heterocycles. The van der Waals surface area contributed by atoms with Crippen molar-refractivity contribution >= 4 is 52.0 Å². The molecule has 0 spiro atoms. The number of phenols is 1. The van der Waals surface area contributed by atoms with Crippen LogP contribution in [0.2, 0.25) is 0 Å². The Kier molecular flexibility index (Phi) is 7.40. The molecule has 0 radical (unpaired) electrons. The smallest absolute Gasteiger partial charge is 0.238 e. The third-order valence-corrected chi connectivity index (χ3v) is 9.25. The summed E-state index contributed by atoms with van der Waals surface area (Å²) < 4.78 is 0. The van der Waals surface area contributed by atoms with Crippen LogP contribution in [-0.4, -0.2) is 82.3 Å². The number of nitrogens with zero attached hydrogens (tertiary/aromatic N) is 1. The number of ketones is 4. The number of hydrogen-bond acceptors (Lipinski definition) is 11. The highest BCUT2D eigenvalue weighted by Crippen LogP contribution is 2.51. The molecular weight excluding hydrogens is 552 g/mol. The summed E-state index contributed by atoms with van der Waals surface area (Å²) in [5, 5.41) is 30.1. The van der Waals surface area contributed by atoms with Crippen LogP contribution in [0.4, 0.5) is 5.69 Å². The van der Waals surface area contributed by atoms with Crippen LogP contribution in [0.5, 0.6) is 5.75 Å². The van der Waals surface area contributed by atoms with Gasteiger partial charge in [-0.1, -0.05) is 12.1 Å². The number of rotatable bonds is 7. The van der Waals surface area contributed by atoms with Crippen molar-refractivity contribution in [2.45, 2.75) is 31.0 Å². The van der Waals surface area contributed by atoms with Crippen molar-refractivity contribution in [3.8, 4) is 5.75 Å². The molecule has 216 valence electrons. The highest BCUT2D eigenvalue weighted by molar-refractivity contribution is 7.09. The number of fused-ring (bicyclic) bond motifs is 3. The van der Waals surface area contributed by atoms with Gasteiger partial charge in [0.25, 0.3) is 0 Å². The summed E-state index contributed by atoms with van der Waals surface area (Å²) >= 11 is 1.54. The zero-order valence-electron chi connectivity index (χ0n) is 22.4. The fourth-order valence-electron chi connectivity index (χ4n) is 6.59. The van der Waals surface area contributed by atoms with Gasteiger partial charge in [0.15, 0.2) is 34.7 Å². The number of nitrogens with two attached hydrogens (primary N) is 1. The summed E-state index contributed by atoms with van der Waals surface area (Å²) in [6.07, 6.45) is 0.120. The van der Waals surface area contributed by atoms with Crippen LogP contribution in [-0.2, 0) is 36.9 Å². The third kappa shape index (κ3) is 4.58. The van der Waals surface area contributed by atoms with E-state index in [4.69, 9.17) is 5.73 Å². The van der Waals surface area contributed by atoms with Gasteiger partial charge in [-0.05, 0) is 55.9 Å². The van der Waals surface area contributed by atoms with Gasteiger partial charge < -0.3 is 26.6 Å². The molecular formula is C28H30N4O8S. The normalized spacial score (nSPS) is 29.1. The molecule has 0 saturated heterocycles. The summed E-state index contributed by atoms with van der Waals surface area (Å²) in [4.78, 5) is 81.1. The number of nitrogens with one attached hydrogen (secondary N) is 2. The molecule has 41 heavy (non-hydrogen) atoms. The van der Waals surface area contributed by atoms with Crippen LogP contribution in [0.25, 0.3) is 0 Å². The van der Waals surface area contributed by atoms with E-state index in [1.807, 2.05) is 17.5 Å². The third-order valence-electron chi connectivity index (χ3n) is 8.37. The minimum absolute atomic E-state index is 0.0286. The van der Waals surface area contributed by atoms with Crippen molar-refractivity contribution in [2.75, 3.05) is 26.0 Å². The Bertz CT molecular complexity index is 1470. The number of likely N-dealkylation sites (N-methyl/N-ethyl adjacent to an activating group) is 1. The van der Waals surface area contributed by atoms with Crippen molar-refractivity contribution < 1.29 is 39.0 Å². The fourth-order valence-corrected chi connectivity index (χ4v) is 7.26. The number of thiophene rings is 1. The number of amides is 2. The number of benzene rings is 1. The highest BCUT2D eigenvalue weighted by Gasteiger charge is 2.69. The van der Waals surface area contributed by atoms with E-state index in [1.165, 1.54) is 36.4 Å². The van der Waals surface area contributed by atoms with Gasteiger partial charge in [-0.15, -0.1) is 11.3 Å². The number of phenolic OH excluding ortho intramolecular Hbond substituents is 1. The molecule has 0 aliphatic heterocycles. The molecule has 3 aliphatic carbocycles. The zero-order chi connectivity index (χ0) is 29.8. The highest BCUT2D eigenvalue weighted by atomic mass is 32.1. The van der Waals surface area contributed by atoms with Crippen molar-refractivity contribution in [1.29, 1.82) is 0 Å². The average molecular weight is 583 g/mol. The Morgan fingerprint density at radius 3 is 2.51 bits per heavy atom. The molecule has 2 saturated carbocycles. The molecule has 3 aliphatic rings. The number of hydrogen-bond donors (Lipinski definition) is 5. The van der Waals surface area contributed by atoms with E-state index in [9.17, 15) is 39.0 Å². The number of carbonyl (C=O) groups excluding carboxylic acids is 6. The molecule has 1 aromatic carbocycles. The Labute approximate surface area is 238 Å². The predicted molar refractivity (Wildman–Crippen MR) is 146 cm³/mol. The largest absolute Gasteiger partial charge is 0.505 e. The van der Waals surface area contributed by atoms with Crippen LogP contribution in [0.3, 0.4) is 0 Å². The Balaban J connectivity index is 1.43. The lowest BCUT2D eigenvalue weighted by Gasteiger charge is -2.52. The lowest BCUT2D eigenvalue weighted by molar-refractivity contribution is -0.181. The van der Waals surface area contributed by atoms with E-state index in [0.29, 0.717) is 12.1 Å². The Hall–Kier alpha value is -3.78. The molecule has 5 rings (SSSR count). The minimum Gasteiger partial charge on any atom is -0.505 e. The maximum Gasteiger partial charge on any atom is 0.238 e. The van der Waals surface area contributed by atoms with E-state index < -0.39 is 76.0 Å². The van der Waals surface area contributed by atoms with Gasteiger partial charge in [-0.3, -0.25) is 33.7 Å². The molecule has 4 unspecified atom stereocenters. The second-order valence-electron chi connectivity index (χ2n) is 11.0. The first-order valence-electron chi connectivity index (χ1n) is 13.1. The Morgan fingerprint density at radius 2 is 1.88 bits per heavy atom. The SMILES string of the molecule is CN(C)[C@@H]1C(=O)C(C(N)=O)C(=O)[C@@]2(O)C(=O)C3C(=O)c4c(ccc(NC(=O)CNCc5cccs5)c4O)CC3CC12. The number of Topliss-reactive ketones (excluding diaryl/α,β-unsaturated/α-hetero) is 4. The number of primary amides is 1. The topological polar surface area (TPSA) is 196 Å². The van der Waals surface area contributed by atoms with E-state index >= 15 is 0 Å². The molecule has 2 amide bonds. The summed E-state index contributed by atoms with van der Waals surface area (Å²) in [6.45, 7) is 0.416. The summed E-state index contributed by atoms with van der Waals surface area (Å²) in [7, 11) is 3.06. The van der Waals surface area contributed by atoms with E-state index in [2.05, 4.69) is 10.6 Å². The van der Waals surface area contributed by atoms with Gasteiger partial charge in [0, 0.05) is 17.3 Å². The number of aliphatic hydroxyl groups is 1. The van der Waals surface area contributed by atoms with Crippen molar-refractivity contribution in [2.24, 2.45) is 29.4 Å². The minimum atomic E-state index is -2.79. The summed E-state index contributed by atoms with van der Waals surface area (Å²) in [5.74, 6) is -11.7. The first-order chi connectivity index (χ1) is 19.4. The van der Waals surface area contributed by atoms with Gasteiger partial charge in [-0.25, -0.2) is 0 Å². The van der Waals surface area contributed by atoms with Gasteiger partial charge >= 0.3 is 0 Å². The lowest BCUT2D eigenvalue weighted by Crippen LogP contribution is -2.74. The molecule has 13 heteroatoms. The number of aromatic hydroxyl groups is 1. The van der Waals surface area contributed by atoms with Crippen molar-refractivity contribution in [3.63, 3.8) is 0 Å². The van der Waals surface area contributed by atoms with E-state index in [-0.39, 0.29) is 30.6 Å². The van der Waals surface area contributed by atoms with E-state index in [0.717, 1.165) is 4.88 Å². The molecule has 0 bridgehead atoms. The predicted octanol–water partition coefficient (Wildman–Crippen LogP) is -0.343. The van der Waals surface area contributed by atoms with Crippen LogP contribution in [0, 0.1) is 23.7 Å². The second kappa shape index (κ2) is 10.6. The van der Waals surface area contributed by atoms with Crippen LogP contribution in [0.1, 0.15) is 27.2 Å². The van der Waals surface area contributed by atoms with Gasteiger partial charge in [-0.2, -0.15) is 0 Å². The van der Waals surface area contributed by atoms with Crippen molar-refractivity contribution in [3.05, 3.63) is 45.6 Å². The first kappa shape index (κ1) is 28.7. The molecule has 2 fully saturated rings. The van der Waals surface area contributed by atoms with Gasteiger partial charge in [0.05, 0.1) is 29.8 Å². The second-order valence-corrected chi connectivity index (χ2v) is 12.0. The van der Waals surface area contributed by atoms with Crippen molar-refractivity contribution in [1.82, 2.24) is 10.2 Å². The molecule has 12 nitrogen and oxygen atoms in total. The average Bonchev–Trinajstić information content (AvgIpc) is 3.41. The molecule has 2 aromatic rings. The van der Waals surface area contributed by atoms with E-state index in [1.54, 1.807) is 6.07 Å². The summed E-state index contributed by atoms with van der Waals surface area (Å²) in [5.41, 5.74) is 2.77. The van der Waals surface area contributed by atoms with Gasteiger partial charge in [0.2, 0.25) is 11.8 Å². The molecule has 1 aromatic heterocycles. The first-order valence-corrected chi connectivity index (χ1v) is 14.0. The zero-order valence-corrected chi connectivity index (χ0v) is 23.2. The maximum absolute atomic E-state index is 13.8. The quantitative estimate of drug-likeness (QED) is 0.213. The number of anilines is 1. The fraction of sp³-hybridized carbons (Fsp3) is 0.429. The standard InChI is InChI=1S/C28H30N4O8S/c1-32(2)21-15-9-13-8-12-5-6-16(31-17(33)11-30-10-14-4-3-7-41-14)22(34)18(12)23(35)19(13)25(37)28(15,40)26(38)20(24(21)36)27(29)39/h3-7,13,15,19-21,30,34,40H,8-11H2,1-2H3,(H2,29,39)(H,31,33)/t13?,15?,19?,20?,21-,28-/m0/s1. The maximum atomic E-state index is 13.8. The van der Waals surface area contributed by atoms with Crippen LogP contribution in [0.15, 0.2) is 29.6 Å². The van der Waals surface area contributed by atoms with Gasteiger partial charge in [0.1, 0.15) is 5.75 Å². The lowest BCUT2D eigenvalue weighted by atomic mass is 9.52. The molecule has 6 atom stereocenters. The Morgan fingerprint density at radius 1 is 1.15 bits per heavy atom. The molecule has 6 N–H and O–H groups in total.